The third kappa shape index (κ3) is 6.60. The van der Waals surface area contributed by atoms with Gasteiger partial charge in [0.2, 0.25) is 20.0 Å². The van der Waals surface area contributed by atoms with Crippen LogP contribution in [0.3, 0.4) is 0 Å². The Morgan fingerprint density at radius 1 is 0.921 bits per heavy atom. The number of carboxylic acid groups (broad SMARTS) is 1. The monoisotopic (exact) mass is 558 g/mol. The summed E-state index contributed by atoms with van der Waals surface area (Å²) in [5.74, 6) is -1.28. The van der Waals surface area contributed by atoms with Gasteiger partial charge >= 0.3 is 5.97 Å². The molecule has 11 heteroatoms. The van der Waals surface area contributed by atoms with Gasteiger partial charge in [-0.3, -0.25) is 4.79 Å². The molecule has 2 N–H and O–H groups in total. The van der Waals surface area contributed by atoms with E-state index in [4.69, 9.17) is 4.74 Å². The Morgan fingerprint density at radius 3 is 2.00 bits per heavy atom. The van der Waals surface area contributed by atoms with Crippen LogP contribution in [0.1, 0.15) is 18.4 Å². The van der Waals surface area contributed by atoms with Crippen LogP contribution in [0.15, 0.2) is 83.8 Å². The van der Waals surface area contributed by atoms with Crippen LogP contribution in [0.25, 0.3) is 11.1 Å². The molecular weight excluding hydrogens is 528 g/mol. The highest BCUT2D eigenvalue weighted by molar-refractivity contribution is 7.89. The van der Waals surface area contributed by atoms with Gasteiger partial charge in [0.15, 0.2) is 0 Å². The van der Waals surface area contributed by atoms with Gasteiger partial charge in [-0.25, -0.2) is 21.1 Å². The molecular formula is C27H30N2O7S2. The summed E-state index contributed by atoms with van der Waals surface area (Å²) in [4.78, 5) is 12.0. The SMILES string of the molecule is COc1ccc(-c2ccc(S(=O)(=O)NC(C(=O)O)C3CCN(S(=O)(=O)Cc4ccccc4)CC3)cc2)cc1. The molecule has 0 amide bonds. The molecule has 9 nitrogen and oxygen atoms in total. The Balaban J connectivity index is 1.41. The summed E-state index contributed by atoms with van der Waals surface area (Å²) in [6, 6.07) is 20.9. The average Bonchev–Trinajstić information content (AvgIpc) is 2.92. The second-order valence-corrected chi connectivity index (χ2v) is 12.9. The van der Waals surface area contributed by atoms with Crippen LogP contribution in [0.5, 0.6) is 5.75 Å². The number of methoxy groups -OCH3 is 1. The zero-order chi connectivity index (χ0) is 27.3. The number of carbonyl (C=O) groups is 1. The Labute approximate surface area is 223 Å². The van der Waals surface area contributed by atoms with Crippen molar-refractivity contribution in [2.75, 3.05) is 20.2 Å². The van der Waals surface area contributed by atoms with Crippen LogP contribution < -0.4 is 9.46 Å². The number of nitrogens with one attached hydrogen (secondary N) is 1. The largest absolute Gasteiger partial charge is 0.497 e. The van der Waals surface area contributed by atoms with Crippen molar-refractivity contribution in [3.8, 4) is 16.9 Å². The second kappa shape index (κ2) is 11.6. The lowest BCUT2D eigenvalue weighted by Gasteiger charge is -2.34. The van der Waals surface area contributed by atoms with Crippen molar-refractivity contribution in [1.82, 2.24) is 9.03 Å². The molecule has 4 rings (SSSR count). The number of nitrogens with zero attached hydrogens (tertiary/aromatic N) is 1. The maximum Gasteiger partial charge on any atom is 0.322 e. The van der Waals surface area contributed by atoms with Crippen molar-refractivity contribution >= 4 is 26.0 Å². The highest BCUT2D eigenvalue weighted by Crippen LogP contribution is 2.27. The summed E-state index contributed by atoms with van der Waals surface area (Å²) in [5.41, 5.74) is 2.34. The molecule has 0 radical (unpaired) electrons. The number of hydrogen-bond donors (Lipinski definition) is 2. The molecule has 0 aliphatic carbocycles. The molecule has 1 saturated heterocycles. The first kappa shape index (κ1) is 27.8. The van der Waals surface area contributed by atoms with Crippen LogP contribution in [0, 0.1) is 5.92 Å². The van der Waals surface area contributed by atoms with Crippen LogP contribution in [0.2, 0.25) is 0 Å². The van der Waals surface area contributed by atoms with Gasteiger partial charge in [0.1, 0.15) is 11.8 Å². The molecule has 1 heterocycles. The molecule has 0 spiro atoms. The maximum atomic E-state index is 13.1. The molecule has 1 atom stereocenters. The fourth-order valence-corrected chi connectivity index (χ4v) is 7.38. The van der Waals surface area contributed by atoms with E-state index in [1.165, 1.54) is 16.4 Å². The van der Waals surface area contributed by atoms with Crippen molar-refractivity contribution in [2.45, 2.75) is 29.5 Å². The lowest BCUT2D eigenvalue weighted by Crippen LogP contribution is -2.50. The van der Waals surface area contributed by atoms with Gasteiger partial charge in [-0.15, -0.1) is 0 Å². The lowest BCUT2D eigenvalue weighted by molar-refractivity contribution is -0.140. The fraction of sp³-hybridized carbons (Fsp3) is 0.296. The predicted molar refractivity (Wildman–Crippen MR) is 144 cm³/mol. The van der Waals surface area contributed by atoms with Crippen molar-refractivity contribution in [2.24, 2.45) is 5.92 Å². The normalized spacial score (nSPS) is 16.1. The van der Waals surface area contributed by atoms with Gasteiger partial charge in [0.25, 0.3) is 0 Å². The number of sulfonamides is 2. The first-order valence-electron chi connectivity index (χ1n) is 12.1. The Kier molecular flexibility index (Phi) is 8.51. The van der Waals surface area contributed by atoms with E-state index in [2.05, 4.69) is 4.72 Å². The number of aliphatic carboxylic acids is 1. The molecule has 0 aromatic heterocycles. The minimum absolute atomic E-state index is 0.0520. The summed E-state index contributed by atoms with van der Waals surface area (Å²) < 4.78 is 60.6. The number of carboxylic acids is 1. The highest BCUT2D eigenvalue weighted by atomic mass is 32.2. The van der Waals surface area contributed by atoms with E-state index in [1.807, 2.05) is 18.2 Å². The lowest BCUT2D eigenvalue weighted by atomic mass is 9.91. The van der Waals surface area contributed by atoms with E-state index in [-0.39, 0.29) is 36.6 Å². The van der Waals surface area contributed by atoms with Crippen LogP contribution >= 0.6 is 0 Å². The predicted octanol–water partition coefficient (Wildman–Crippen LogP) is 3.34. The standard InChI is InChI=1S/C27H30N2O7S2/c1-36-24-11-7-21(8-12-24)22-9-13-25(14-10-22)38(34,35)28-26(27(30)31)23-15-17-29(18-16-23)37(32,33)19-20-5-3-2-4-6-20/h2-14,23,26,28H,15-19H2,1H3,(H,30,31). The van der Waals surface area contributed by atoms with Crippen molar-refractivity contribution < 1.29 is 31.5 Å². The zero-order valence-electron chi connectivity index (χ0n) is 20.9. The van der Waals surface area contributed by atoms with Crippen molar-refractivity contribution in [3.05, 3.63) is 84.4 Å². The van der Waals surface area contributed by atoms with Gasteiger partial charge in [-0.05, 0) is 59.7 Å². The average molecular weight is 559 g/mol. The smallest absolute Gasteiger partial charge is 0.322 e. The molecule has 1 aliphatic heterocycles. The molecule has 0 saturated carbocycles. The van der Waals surface area contributed by atoms with E-state index in [0.29, 0.717) is 11.3 Å². The molecule has 1 unspecified atom stereocenters. The summed E-state index contributed by atoms with van der Waals surface area (Å²) in [6.07, 6.45) is 0.452. The van der Waals surface area contributed by atoms with Crippen molar-refractivity contribution in [3.63, 3.8) is 0 Å². The fourth-order valence-electron chi connectivity index (χ4n) is 4.56. The number of piperidine rings is 1. The first-order valence-corrected chi connectivity index (χ1v) is 15.2. The Morgan fingerprint density at radius 2 is 1.47 bits per heavy atom. The third-order valence-corrected chi connectivity index (χ3v) is 10.00. The van der Waals surface area contributed by atoms with Gasteiger partial charge in [0, 0.05) is 13.1 Å². The van der Waals surface area contributed by atoms with Crippen LogP contribution in [-0.4, -0.2) is 58.5 Å². The number of hydrogen-bond acceptors (Lipinski definition) is 6. The summed E-state index contributed by atoms with van der Waals surface area (Å²) in [5, 5.41) is 9.82. The van der Waals surface area contributed by atoms with Gasteiger partial charge in [0.05, 0.1) is 17.8 Å². The van der Waals surface area contributed by atoms with E-state index in [1.54, 1.807) is 55.6 Å². The van der Waals surface area contributed by atoms with Crippen molar-refractivity contribution in [1.29, 1.82) is 0 Å². The number of ether oxygens (including phenoxy) is 1. The minimum atomic E-state index is -4.13. The first-order chi connectivity index (χ1) is 18.1. The van der Waals surface area contributed by atoms with Gasteiger partial charge < -0.3 is 9.84 Å². The van der Waals surface area contributed by atoms with E-state index >= 15 is 0 Å². The van der Waals surface area contributed by atoms with E-state index in [0.717, 1.165) is 11.1 Å². The van der Waals surface area contributed by atoms with Gasteiger partial charge in [-0.2, -0.15) is 4.72 Å². The zero-order valence-corrected chi connectivity index (χ0v) is 22.5. The second-order valence-electron chi connectivity index (χ2n) is 9.17. The summed E-state index contributed by atoms with van der Waals surface area (Å²) in [6.45, 7) is 0.254. The summed E-state index contributed by atoms with van der Waals surface area (Å²) in [7, 11) is -6.13. The maximum absolute atomic E-state index is 13.1. The molecule has 38 heavy (non-hydrogen) atoms. The van der Waals surface area contributed by atoms with E-state index in [9.17, 15) is 26.7 Å². The quantitative estimate of drug-likeness (QED) is 0.390. The molecule has 1 aliphatic rings. The number of benzene rings is 3. The van der Waals surface area contributed by atoms with Gasteiger partial charge in [-0.1, -0.05) is 54.6 Å². The molecule has 3 aromatic carbocycles. The number of rotatable bonds is 10. The van der Waals surface area contributed by atoms with E-state index < -0.39 is 38.0 Å². The highest BCUT2D eigenvalue weighted by Gasteiger charge is 2.37. The molecule has 0 bridgehead atoms. The topological polar surface area (TPSA) is 130 Å². The van der Waals surface area contributed by atoms with Crippen LogP contribution in [-0.2, 0) is 30.6 Å². The Hall–Kier alpha value is -3.25. The van der Waals surface area contributed by atoms with Crippen LogP contribution in [0.4, 0.5) is 0 Å². The molecule has 1 fully saturated rings. The third-order valence-electron chi connectivity index (χ3n) is 6.69. The summed E-state index contributed by atoms with van der Waals surface area (Å²) >= 11 is 0. The Bertz CT molecular complexity index is 1450. The molecule has 3 aromatic rings. The molecule has 202 valence electrons. The minimum Gasteiger partial charge on any atom is -0.497 e.